The van der Waals surface area contributed by atoms with Crippen LogP contribution in [0.25, 0.3) is 0 Å². The molecule has 18 atom stereocenters. The van der Waals surface area contributed by atoms with E-state index in [2.05, 4.69) is 89.0 Å². The van der Waals surface area contributed by atoms with Crippen molar-refractivity contribution in [1.29, 1.82) is 0 Å². The van der Waals surface area contributed by atoms with Crippen molar-refractivity contribution >= 4 is 31.2 Å². The minimum atomic E-state index is -2.00. The van der Waals surface area contributed by atoms with E-state index in [1.807, 2.05) is 6.08 Å². The lowest BCUT2D eigenvalue weighted by atomic mass is 9.82. The van der Waals surface area contributed by atoms with Gasteiger partial charge in [0.2, 0.25) is 0 Å². The Morgan fingerprint density at radius 3 is 1.96 bits per heavy atom. The van der Waals surface area contributed by atoms with Crippen LogP contribution in [0, 0.1) is 11.8 Å². The summed E-state index contributed by atoms with van der Waals surface area (Å²) in [4.78, 5) is 12.3. The van der Waals surface area contributed by atoms with Gasteiger partial charge in [0.05, 0.1) is 67.6 Å². The van der Waals surface area contributed by atoms with Gasteiger partial charge < -0.3 is 56.0 Å². The standard InChI is InChI=1S/C57H100O12Si3/c1-15-25-46-53(69-72(22-8,23-9)24-10)56-55-54(64-46)52-50(65-55)36-57(66-52,67-56)30-28-42-33-39(12)45(61-42)27-26-41-32-38(11)40(13)47(62-41)35-48-44(29-31-58)51(59-14)49(63-48)34-43(68-71(19-5,20-6)21-7)37-60-70(16-2,17-3)18-4/h15,31,38,41-56H,1,12-13,16-30,32-37H2,2-11,14H3/t38?,41?,42?,43?,44?,45-,46?,47?,48?,49?,50+,51+,52?,53?,54-,55?,56?,57-/m0/s1. The molecule has 0 aromatic rings. The molecule has 6 bridgehead atoms. The molecule has 0 aromatic carbocycles. The molecule has 0 spiro atoms. The first-order chi connectivity index (χ1) is 34.6. The van der Waals surface area contributed by atoms with Gasteiger partial charge in [0.25, 0.3) is 0 Å². The number of carbonyl (C=O) groups is 1. The molecule has 8 rings (SSSR count). The summed E-state index contributed by atoms with van der Waals surface area (Å²) in [6, 6.07) is 9.65. The van der Waals surface area contributed by atoms with E-state index in [0.717, 1.165) is 104 Å². The van der Waals surface area contributed by atoms with Gasteiger partial charge in [-0.15, -0.1) is 6.58 Å². The van der Waals surface area contributed by atoms with Gasteiger partial charge in [0, 0.05) is 45.1 Å². The molecule has 8 heterocycles. The van der Waals surface area contributed by atoms with Crippen molar-refractivity contribution < 1.29 is 56.0 Å². The summed E-state index contributed by atoms with van der Waals surface area (Å²) in [7, 11) is -4.07. The molecule has 412 valence electrons. The van der Waals surface area contributed by atoms with Gasteiger partial charge >= 0.3 is 0 Å². The van der Waals surface area contributed by atoms with Crippen LogP contribution in [-0.2, 0) is 56.0 Å². The topological polar surface area (TPSA) is 119 Å². The predicted octanol–water partition coefficient (Wildman–Crippen LogP) is 12.2. The van der Waals surface area contributed by atoms with E-state index in [1.54, 1.807) is 7.11 Å². The highest BCUT2D eigenvalue weighted by atomic mass is 28.4. The van der Waals surface area contributed by atoms with Crippen LogP contribution in [0.3, 0.4) is 0 Å². The van der Waals surface area contributed by atoms with E-state index in [-0.39, 0.29) is 103 Å². The molecular formula is C57H100O12Si3. The maximum Gasteiger partial charge on any atom is 0.192 e. The Labute approximate surface area is 439 Å². The summed E-state index contributed by atoms with van der Waals surface area (Å²) in [5.74, 6) is -0.573. The molecule has 8 aliphatic rings. The molecule has 13 unspecified atom stereocenters. The Hall–Kier alpha value is -0.899. The van der Waals surface area contributed by atoms with Gasteiger partial charge in [-0.1, -0.05) is 88.5 Å². The quantitative estimate of drug-likeness (QED) is 0.0374. The van der Waals surface area contributed by atoms with Gasteiger partial charge in [-0.25, -0.2) is 0 Å². The molecular weight excluding hydrogens is 961 g/mol. The van der Waals surface area contributed by atoms with Crippen LogP contribution >= 0.6 is 0 Å². The Morgan fingerprint density at radius 2 is 1.33 bits per heavy atom. The van der Waals surface area contributed by atoms with Crippen molar-refractivity contribution in [2.75, 3.05) is 13.7 Å². The number of carbonyl (C=O) groups excluding carboxylic acids is 1. The smallest absolute Gasteiger partial charge is 0.192 e. The lowest BCUT2D eigenvalue weighted by Gasteiger charge is -2.47. The van der Waals surface area contributed by atoms with Crippen LogP contribution in [0.1, 0.15) is 140 Å². The summed E-state index contributed by atoms with van der Waals surface area (Å²) in [5.41, 5.74) is 2.25. The first kappa shape index (κ1) is 58.8. The van der Waals surface area contributed by atoms with Gasteiger partial charge in [-0.05, 0) is 110 Å². The molecule has 0 N–H and O–H groups in total. The second kappa shape index (κ2) is 25.7. The number of ether oxygens (including phenoxy) is 8. The van der Waals surface area contributed by atoms with E-state index in [4.69, 9.17) is 51.2 Å². The molecule has 0 aromatic heterocycles. The third-order valence-corrected chi connectivity index (χ3v) is 33.6. The van der Waals surface area contributed by atoms with Crippen LogP contribution in [0.4, 0.5) is 0 Å². The predicted molar refractivity (Wildman–Crippen MR) is 292 cm³/mol. The zero-order valence-electron chi connectivity index (χ0n) is 46.8. The third kappa shape index (κ3) is 12.5. The van der Waals surface area contributed by atoms with Crippen molar-refractivity contribution in [1.82, 2.24) is 0 Å². The van der Waals surface area contributed by atoms with Crippen LogP contribution < -0.4 is 0 Å². The summed E-state index contributed by atoms with van der Waals surface area (Å²) >= 11 is 0. The molecule has 0 radical (unpaired) electrons. The van der Waals surface area contributed by atoms with Crippen LogP contribution in [0.2, 0.25) is 54.4 Å². The first-order valence-corrected chi connectivity index (χ1v) is 36.8. The molecule has 12 nitrogen and oxygen atoms in total. The highest BCUT2D eigenvalue weighted by molar-refractivity contribution is 6.74. The summed E-state index contributed by atoms with van der Waals surface area (Å²) in [6.07, 6.45) is 8.89. The second-order valence-corrected chi connectivity index (χ2v) is 37.3. The maximum atomic E-state index is 12.3. The molecule has 8 fully saturated rings. The molecule has 8 saturated heterocycles. The van der Waals surface area contributed by atoms with Crippen LogP contribution in [0.15, 0.2) is 37.0 Å². The third-order valence-electron chi connectivity index (χ3n) is 19.6. The van der Waals surface area contributed by atoms with Gasteiger partial charge in [-0.2, -0.15) is 0 Å². The number of rotatable bonds is 31. The zero-order chi connectivity index (χ0) is 52.0. The molecule has 72 heavy (non-hydrogen) atoms. The largest absolute Gasteiger partial charge is 0.414 e. The molecule has 8 aliphatic heterocycles. The Kier molecular flexibility index (Phi) is 21.0. The molecule has 0 amide bonds. The fourth-order valence-electron chi connectivity index (χ4n) is 14.2. The highest BCUT2D eigenvalue weighted by Crippen LogP contribution is 2.54. The maximum absolute atomic E-state index is 12.3. The summed E-state index contributed by atoms with van der Waals surface area (Å²) < 4.78 is 76.3. The fraction of sp³-hybridized carbons (Fsp3) is 0.877. The Balaban J connectivity index is 0.962. The van der Waals surface area contributed by atoms with E-state index < -0.39 is 30.7 Å². The van der Waals surface area contributed by atoms with Crippen LogP contribution in [0.5, 0.6) is 0 Å². The highest BCUT2D eigenvalue weighted by Gasteiger charge is 2.68. The molecule has 0 aliphatic carbocycles. The second-order valence-electron chi connectivity index (χ2n) is 23.1. The summed E-state index contributed by atoms with van der Waals surface area (Å²) in [5, 5.41) is 0. The molecule has 15 heteroatoms. The van der Waals surface area contributed by atoms with E-state index >= 15 is 0 Å². The van der Waals surface area contributed by atoms with Gasteiger partial charge in [0.1, 0.15) is 36.8 Å². The van der Waals surface area contributed by atoms with Gasteiger partial charge in [0.15, 0.2) is 30.7 Å². The SMILES string of the molecule is C=CCC1O[C@@H]2C3O[C@@H]4C[C@](CCC5CC(=C)[C@H](CCC6CC(C)C(=C)C(CC7OC(CC(CO[Si](CC)(CC)CC)O[Si](CC)(CC)CC)[C@H](OC)C7CC=O)O6)O5)(OC3C1O[Si](CC)(CC)CC)OC24. The van der Waals surface area contributed by atoms with E-state index in [0.29, 0.717) is 45.1 Å². The average molecular weight is 1060 g/mol. The van der Waals surface area contributed by atoms with Crippen molar-refractivity contribution in [2.45, 2.75) is 292 Å². The number of aldehydes is 1. The van der Waals surface area contributed by atoms with Crippen molar-refractivity contribution in [3.05, 3.63) is 37.0 Å². The molecule has 0 saturated carbocycles. The fourth-order valence-corrected chi connectivity index (χ4v) is 22.5. The average Bonchev–Trinajstić information content (AvgIpc) is 4.08. The van der Waals surface area contributed by atoms with E-state index in [1.165, 1.54) is 0 Å². The first-order valence-electron chi connectivity index (χ1n) is 29.2. The van der Waals surface area contributed by atoms with Crippen molar-refractivity contribution in [3.63, 3.8) is 0 Å². The lowest BCUT2D eigenvalue weighted by molar-refractivity contribution is -0.271. The van der Waals surface area contributed by atoms with Gasteiger partial charge in [-0.3, -0.25) is 0 Å². The normalized spacial score (nSPS) is 38.2. The number of hydrogen-bond donors (Lipinski definition) is 0. The van der Waals surface area contributed by atoms with Crippen molar-refractivity contribution in [2.24, 2.45) is 11.8 Å². The number of hydrogen-bond acceptors (Lipinski definition) is 12. The summed E-state index contributed by atoms with van der Waals surface area (Å²) in [6.45, 7) is 36.6. The van der Waals surface area contributed by atoms with E-state index in [9.17, 15) is 4.79 Å². The van der Waals surface area contributed by atoms with Crippen molar-refractivity contribution in [3.8, 4) is 0 Å². The Bertz CT molecular complexity index is 1750. The zero-order valence-corrected chi connectivity index (χ0v) is 49.8. The minimum Gasteiger partial charge on any atom is -0.414 e. The minimum absolute atomic E-state index is 0.0317. The Morgan fingerprint density at radius 1 is 0.694 bits per heavy atom. The monoisotopic (exact) mass is 1060 g/mol. The van der Waals surface area contributed by atoms with Crippen LogP contribution in [-0.4, -0.2) is 142 Å². The lowest BCUT2D eigenvalue weighted by Crippen LogP contribution is -2.62. The number of methoxy groups -OCH3 is 1.